The van der Waals surface area contributed by atoms with Crippen molar-refractivity contribution in [3.05, 3.63) is 86.5 Å². The molecule has 1 aliphatic rings. The van der Waals surface area contributed by atoms with Gasteiger partial charge in [-0.2, -0.15) is 0 Å². The zero-order valence-electron chi connectivity index (χ0n) is 15.7. The Kier molecular flexibility index (Phi) is 5.54. The molecule has 3 aromatic rings. The second-order valence-corrected chi connectivity index (χ2v) is 8.42. The van der Waals surface area contributed by atoms with Crippen molar-refractivity contribution in [2.45, 2.75) is 13.8 Å². The molecular formula is C22H17Cl2N3OS. The first-order valence-corrected chi connectivity index (χ1v) is 10.5. The van der Waals surface area contributed by atoms with Crippen molar-refractivity contribution in [1.82, 2.24) is 9.88 Å². The number of nitrogens with zero attached hydrogens (tertiary/aromatic N) is 2. The van der Waals surface area contributed by atoms with Crippen molar-refractivity contribution in [3.63, 3.8) is 0 Å². The van der Waals surface area contributed by atoms with Crippen molar-refractivity contribution >= 4 is 57.8 Å². The van der Waals surface area contributed by atoms with E-state index in [0.717, 1.165) is 22.6 Å². The number of aliphatic imine (C=N–C) groups is 1. The van der Waals surface area contributed by atoms with Gasteiger partial charge in [0, 0.05) is 17.1 Å². The number of hydrogen-bond donors (Lipinski definition) is 1. The van der Waals surface area contributed by atoms with Crippen molar-refractivity contribution in [2.75, 3.05) is 0 Å². The molecule has 146 valence electrons. The first kappa shape index (κ1) is 19.8. The molecule has 0 unspecified atom stereocenters. The van der Waals surface area contributed by atoms with Gasteiger partial charge < -0.3 is 9.88 Å². The number of aromatic nitrogens is 1. The van der Waals surface area contributed by atoms with Crippen molar-refractivity contribution in [2.24, 2.45) is 4.99 Å². The smallest absolute Gasteiger partial charge is 0.264 e. The van der Waals surface area contributed by atoms with Gasteiger partial charge >= 0.3 is 0 Å². The Balaban J connectivity index is 1.63. The lowest BCUT2D eigenvalue weighted by Gasteiger charge is -2.09. The van der Waals surface area contributed by atoms with E-state index in [-0.39, 0.29) is 5.91 Å². The Morgan fingerprint density at radius 1 is 1.03 bits per heavy atom. The molecule has 0 spiro atoms. The molecule has 1 saturated heterocycles. The van der Waals surface area contributed by atoms with Gasteiger partial charge in [-0.15, -0.1) is 0 Å². The SMILES string of the molecule is Cc1cc(/C=C2\SC(=Nc3ccc(Cl)c(Cl)c3)NC2=O)c(C)n1-c1ccccc1. The monoisotopic (exact) mass is 441 g/mol. The van der Waals surface area contributed by atoms with Gasteiger partial charge in [-0.1, -0.05) is 41.4 Å². The van der Waals surface area contributed by atoms with Gasteiger partial charge in [0.15, 0.2) is 5.17 Å². The van der Waals surface area contributed by atoms with E-state index in [2.05, 4.69) is 46.9 Å². The predicted octanol–water partition coefficient (Wildman–Crippen LogP) is 6.29. The van der Waals surface area contributed by atoms with Crippen molar-refractivity contribution in [1.29, 1.82) is 0 Å². The molecule has 4 nitrogen and oxygen atoms in total. The maximum Gasteiger partial charge on any atom is 0.264 e. The summed E-state index contributed by atoms with van der Waals surface area (Å²) in [5.74, 6) is -0.168. The normalized spacial score (nSPS) is 16.6. The molecule has 0 atom stereocenters. The van der Waals surface area contributed by atoms with Crippen LogP contribution >= 0.6 is 35.0 Å². The third-order valence-corrected chi connectivity index (χ3v) is 6.20. The van der Waals surface area contributed by atoms with Gasteiger partial charge in [0.25, 0.3) is 5.91 Å². The van der Waals surface area contributed by atoms with Crippen LogP contribution in [0.1, 0.15) is 17.0 Å². The van der Waals surface area contributed by atoms with Crippen LogP contribution in [-0.4, -0.2) is 15.6 Å². The summed E-state index contributed by atoms with van der Waals surface area (Å²) >= 11 is 13.3. The highest BCUT2D eigenvalue weighted by molar-refractivity contribution is 8.18. The number of carbonyl (C=O) groups excluding carboxylic acids is 1. The van der Waals surface area contributed by atoms with Gasteiger partial charge in [0.05, 0.1) is 20.6 Å². The van der Waals surface area contributed by atoms with E-state index in [4.69, 9.17) is 23.2 Å². The molecule has 2 heterocycles. The highest BCUT2D eigenvalue weighted by Crippen LogP contribution is 2.32. The third kappa shape index (κ3) is 4.13. The van der Waals surface area contributed by atoms with Crippen LogP contribution in [-0.2, 0) is 4.79 Å². The van der Waals surface area contributed by atoms with Crippen LogP contribution in [0.4, 0.5) is 5.69 Å². The Bertz CT molecular complexity index is 1170. The molecule has 1 N–H and O–H groups in total. The summed E-state index contributed by atoms with van der Waals surface area (Å²) in [5, 5.41) is 4.20. The molecule has 1 aromatic heterocycles. The van der Waals surface area contributed by atoms with Crippen molar-refractivity contribution in [3.8, 4) is 5.69 Å². The number of hydrogen-bond acceptors (Lipinski definition) is 3. The van der Waals surface area contributed by atoms with E-state index in [1.807, 2.05) is 24.3 Å². The molecule has 1 fully saturated rings. The molecular weight excluding hydrogens is 425 g/mol. The number of thioether (sulfide) groups is 1. The fourth-order valence-electron chi connectivity index (χ4n) is 3.20. The number of para-hydroxylation sites is 1. The number of nitrogens with one attached hydrogen (secondary N) is 1. The standard InChI is InChI=1S/C22H17Cl2N3OS/c1-13-10-15(14(2)27(13)17-6-4-3-5-7-17)11-20-21(28)26-22(29-20)25-16-8-9-18(23)19(24)12-16/h3-12H,1-2H3,(H,25,26,28)/b20-11-. The molecule has 0 radical (unpaired) electrons. The lowest BCUT2D eigenvalue weighted by atomic mass is 10.2. The molecule has 0 aliphatic carbocycles. The number of carbonyl (C=O) groups is 1. The molecule has 2 aromatic carbocycles. The van der Waals surface area contributed by atoms with Gasteiger partial charge in [0.1, 0.15) is 0 Å². The van der Waals surface area contributed by atoms with Crippen LogP contribution in [0.5, 0.6) is 0 Å². The zero-order valence-corrected chi connectivity index (χ0v) is 18.1. The second kappa shape index (κ2) is 8.11. The Labute approximate surface area is 183 Å². The highest BCUT2D eigenvalue weighted by Gasteiger charge is 2.24. The van der Waals surface area contributed by atoms with E-state index < -0.39 is 0 Å². The van der Waals surface area contributed by atoms with Crippen LogP contribution in [0.3, 0.4) is 0 Å². The lowest BCUT2D eigenvalue weighted by molar-refractivity contribution is -0.115. The fourth-order valence-corrected chi connectivity index (χ4v) is 4.33. The third-order valence-electron chi connectivity index (χ3n) is 4.56. The van der Waals surface area contributed by atoms with Crippen LogP contribution < -0.4 is 5.32 Å². The largest absolute Gasteiger partial charge is 0.318 e. The summed E-state index contributed by atoms with van der Waals surface area (Å²) in [7, 11) is 0. The average molecular weight is 442 g/mol. The summed E-state index contributed by atoms with van der Waals surface area (Å²) in [5.41, 5.74) is 4.90. The van der Waals surface area contributed by atoms with E-state index in [0.29, 0.717) is 25.8 Å². The number of benzene rings is 2. The number of amidine groups is 1. The minimum atomic E-state index is -0.168. The van der Waals surface area contributed by atoms with Crippen LogP contribution in [0.2, 0.25) is 10.0 Å². The molecule has 1 amide bonds. The maximum atomic E-state index is 12.4. The molecule has 0 saturated carbocycles. The first-order valence-electron chi connectivity index (χ1n) is 8.91. The van der Waals surface area contributed by atoms with Gasteiger partial charge in [0.2, 0.25) is 0 Å². The topological polar surface area (TPSA) is 46.4 Å². The minimum absolute atomic E-state index is 0.168. The van der Waals surface area contributed by atoms with Crippen LogP contribution in [0.25, 0.3) is 11.8 Å². The van der Waals surface area contributed by atoms with E-state index >= 15 is 0 Å². The quantitative estimate of drug-likeness (QED) is 0.485. The van der Waals surface area contributed by atoms with Crippen molar-refractivity contribution < 1.29 is 4.79 Å². The maximum absolute atomic E-state index is 12.4. The zero-order chi connectivity index (χ0) is 20.5. The molecule has 0 bridgehead atoms. The summed E-state index contributed by atoms with van der Waals surface area (Å²) in [6.45, 7) is 4.11. The molecule has 1 aliphatic heterocycles. The summed E-state index contributed by atoms with van der Waals surface area (Å²) < 4.78 is 2.18. The number of aryl methyl sites for hydroxylation is 1. The molecule has 4 rings (SSSR count). The Morgan fingerprint density at radius 2 is 1.79 bits per heavy atom. The first-order chi connectivity index (χ1) is 13.9. The summed E-state index contributed by atoms with van der Waals surface area (Å²) in [4.78, 5) is 17.5. The minimum Gasteiger partial charge on any atom is -0.318 e. The van der Waals surface area contributed by atoms with Gasteiger partial charge in [-0.05, 0) is 73.6 Å². The number of rotatable bonds is 3. The van der Waals surface area contributed by atoms with Gasteiger partial charge in [-0.3, -0.25) is 4.79 Å². The lowest BCUT2D eigenvalue weighted by Crippen LogP contribution is -2.19. The molecule has 7 heteroatoms. The van der Waals surface area contributed by atoms with Crippen LogP contribution in [0.15, 0.2) is 64.5 Å². The fraction of sp³-hybridized carbons (Fsp3) is 0.0909. The summed E-state index contributed by atoms with van der Waals surface area (Å²) in [6, 6.07) is 17.3. The van der Waals surface area contributed by atoms with E-state index in [1.54, 1.807) is 18.2 Å². The van der Waals surface area contributed by atoms with E-state index in [9.17, 15) is 4.79 Å². The predicted molar refractivity (Wildman–Crippen MR) is 123 cm³/mol. The number of amides is 1. The van der Waals surface area contributed by atoms with Crippen LogP contribution in [0, 0.1) is 13.8 Å². The number of halogens is 2. The second-order valence-electron chi connectivity index (χ2n) is 6.58. The summed E-state index contributed by atoms with van der Waals surface area (Å²) in [6.07, 6.45) is 1.90. The van der Waals surface area contributed by atoms with E-state index in [1.165, 1.54) is 11.8 Å². The average Bonchev–Trinajstić information content (AvgIpc) is 3.17. The Hall–Kier alpha value is -2.47. The molecule has 29 heavy (non-hydrogen) atoms. The van der Waals surface area contributed by atoms with Gasteiger partial charge in [-0.25, -0.2) is 4.99 Å². The highest BCUT2D eigenvalue weighted by atomic mass is 35.5. The Morgan fingerprint density at radius 3 is 2.52 bits per heavy atom.